The fourth-order valence-corrected chi connectivity index (χ4v) is 3.65. The molecule has 2 aromatic heterocycles. The number of methoxy groups -OCH3 is 1. The third-order valence-corrected chi connectivity index (χ3v) is 5.14. The van der Waals surface area contributed by atoms with Crippen LogP contribution >= 0.6 is 22.9 Å². The molecule has 27 heavy (non-hydrogen) atoms. The Morgan fingerprint density at radius 1 is 1.11 bits per heavy atom. The van der Waals surface area contributed by atoms with Crippen molar-refractivity contribution >= 4 is 22.9 Å². The van der Waals surface area contributed by atoms with E-state index in [2.05, 4.69) is 15.1 Å². The van der Waals surface area contributed by atoms with Gasteiger partial charge in [0.15, 0.2) is 0 Å². The van der Waals surface area contributed by atoms with E-state index in [4.69, 9.17) is 20.9 Å². The molecule has 0 saturated carbocycles. The minimum atomic E-state index is 0.502. The lowest BCUT2D eigenvalue weighted by molar-refractivity contribution is 0.385. The van der Waals surface area contributed by atoms with E-state index in [0.717, 1.165) is 27.4 Å². The van der Waals surface area contributed by atoms with E-state index < -0.39 is 0 Å². The molecule has 0 N–H and O–H groups in total. The van der Waals surface area contributed by atoms with Gasteiger partial charge in [-0.1, -0.05) is 41.0 Å². The van der Waals surface area contributed by atoms with Crippen molar-refractivity contribution in [3.63, 3.8) is 0 Å². The summed E-state index contributed by atoms with van der Waals surface area (Å²) in [5, 5.41) is 7.76. The molecule has 0 saturated heterocycles. The van der Waals surface area contributed by atoms with Crippen LogP contribution in [0.1, 0.15) is 16.5 Å². The fraction of sp³-hybridized carbons (Fsp3) is 0.150. The molecule has 2 heterocycles. The molecular formula is C20H16ClN3O2S. The average molecular weight is 398 g/mol. The molecule has 0 unspecified atom stereocenters. The highest BCUT2D eigenvalue weighted by atomic mass is 35.5. The number of aryl methyl sites for hydroxylation is 1. The standard InChI is InChI=1S/C20H16ClN3O2S/c1-12-22-17(11-27-12)14-4-3-5-15(10-14)20-23-19(26-24-20)9-13-6-7-18(25-2)16(21)8-13/h3-8,10-11H,9H2,1-2H3. The smallest absolute Gasteiger partial charge is 0.231 e. The molecule has 4 aromatic rings. The van der Waals surface area contributed by atoms with Gasteiger partial charge < -0.3 is 9.26 Å². The number of benzene rings is 2. The first-order chi connectivity index (χ1) is 13.1. The van der Waals surface area contributed by atoms with Crippen LogP contribution in [0.15, 0.2) is 52.4 Å². The van der Waals surface area contributed by atoms with Gasteiger partial charge in [0.05, 0.1) is 29.3 Å². The number of nitrogens with zero attached hydrogens (tertiary/aromatic N) is 3. The number of aromatic nitrogens is 3. The maximum atomic E-state index is 6.18. The van der Waals surface area contributed by atoms with Gasteiger partial charge in [-0.05, 0) is 30.7 Å². The maximum Gasteiger partial charge on any atom is 0.231 e. The molecule has 4 rings (SSSR count). The number of halogens is 1. The van der Waals surface area contributed by atoms with Gasteiger partial charge in [0.2, 0.25) is 11.7 Å². The monoisotopic (exact) mass is 397 g/mol. The molecule has 0 aliphatic heterocycles. The van der Waals surface area contributed by atoms with Gasteiger partial charge in [-0.15, -0.1) is 11.3 Å². The van der Waals surface area contributed by atoms with Crippen molar-refractivity contribution in [3.8, 4) is 28.4 Å². The molecule has 5 nitrogen and oxygen atoms in total. The third-order valence-electron chi connectivity index (χ3n) is 4.08. The molecule has 2 aromatic carbocycles. The lowest BCUT2D eigenvalue weighted by Gasteiger charge is -2.04. The van der Waals surface area contributed by atoms with E-state index >= 15 is 0 Å². The van der Waals surface area contributed by atoms with Crippen LogP contribution in [0.25, 0.3) is 22.6 Å². The summed E-state index contributed by atoms with van der Waals surface area (Å²) in [7, 11) is 1.59. The normalized spacial score (nSPS) is 10.9. The molecule has 7 heteroatoms. The molecule has 0 amide bonds. The number of thiazole rings is 1. The van der Waals surface area contributed by atoms with Crippen LogP contribution in [-0.2, 0) is 6.42 Å². The lowest BCUT2D eigenvalue weighted by atomic mass is 10.1. The second-order valence-electron chi connectivity index (χ2n) is 5.99. The van der Waals surface area contributed by atoms with Crippen molar-refractivity contribution in [1.29, 1.82) is 0 Å². The Morgan fingerprint density at radius 3 is 2.70 bits per heavy atom. The largest absolute Gasteiger partial charge is 0.495 e. The second-order valence-corrected chi connectivity index (χ2v) is 7.46. The SMILES string of the molecule is COc1ccc(Cc2nc(-c3cccc(-c4csc(C)n4)c3)no2)cc1Cl. The number of rotatable bonds is 5. The van der Waals surface area contributed by atoms with E-state index in [1.54, 1.807) is 18.4 Å². The molecule has 0 atom stereocenters. The Kier molecular flexibility index (Phi) is 4.92. The average Bonchev–Trinajstić information content (AvgIpc) is 3.31. The third kappa shape index (κ3) is 3.86. The van der Waals surface area contributed by atoms with E-state index in [-0.39, 0.29) is 0 Å². The van der Waals surface area contributed by atoms with Crippen molar-refractivity contribution in [1.82, 2.24) is 15.1 Å². The van der Waals surface area contributed by atoms with Gasteiger partial charge in [-0.3, -0.25) is 0 Å². The van der Waals surface area contributed by atoms with Crippen molar-refractivity contribution in [2.24, 2.45) is 0 Å². The Balaban J connectivity index is 1.57. The Morgan fingerprint density at radius 2 is 1.96 bits per heavy atom. The highest BCUT2D eigenvalue weighted by Gasteiger charge is 2.12. The molecule has 0 bridgehead atoms. The van der Waals surface area contributed by atoms with E-state index in [9.17, 15) is 0 Å². The Hall–Kier alpha value is -2.70. The van der Waals surface area contributed by atoms with Crippen molar-refractivity contribution in [2.45, 2.75) is 13.3 Å². The maximum absolute atomic E-state index is 6.18. The van der Waals surface area contributed by atoms with Crippen LogP contribution in [0.3, 0.4) is 0 Å². The van der Waals surface area contributed by atoms with Crippen LogP contribution in [0.4, 0.5) is 0 Å². The highest BCUT2D eigenvalue weighted by Crippen LogP contribution is 2.28. The summed E-state index contributed by atoms with van der Waals surface area (Å²) in [6.07, 6.45) is 0.502. The number of ether oxygens (including phenoxy) is 1. The summed E-state index contributed by atoms with van der Waals surface area (Å²) in [6, 6.07) is 13.6. The van der Waals surface area contributed by atoms with Crippen LogP contribution < -0.4 is 4.74 Å². The zero-order valence-electron chi connectivity index (χ0n) is 14.8. The van der Waals surface area contributed by atoms with Crippen molar-refractivity contribution in [3.05, 3.63) is 69.3 Å². The van der Waals surface area contributed by atoms with E-state index in [1.807, 2.05) is 54.8 Å². The predicted molar refractivity (Wildman–Crippen MR) is 106 cm³/mol. The molecule has 0 fully saturated rings. The zero-order chi connectivity index (χ0) is 18.8. The minimum absolute atomic E-state index is 0.502. The first kappa shape index (κ1) is 17.7. The van der Waals surface area contributed by atoms with Gasteiger partial charge in [0.25, 0.3) is 0 Å². The minimum Gasteiger partial charge on any atom is -0.495 e. The van der Waals surface area contributed by atoms with Crippen molar-refractivity contribution < 1.29 is 9.26 Å². The summed E-state index contributed by atoms with van der Waals surface area (Å²) < 4.78 is 10.6. The first-order valence-corrected chi connectivity index (χ1v) is 9.56. The second kappa shape index (κ2) is 7.50. The van der Waals surface area contributed by atoms with E-state index in [0.29, 0.717) is 28.9 Å². The summed E-state index contributed by atoms with van der Waals surface area (Å²) in [6.45, 7) is 1.99. The molecular weight excluding hydrogens is 382 g/mol. The lowest BCUT2D eigenvalue weighted by Crippen LogP contribution is -1.91. The number of hydrogen-bond donors (Lipinski definition) is 0. The topological polar surface area (TPSA) is 61.0 Å². The van der Waals surface area contributed by atoms with Crippen LogP contribution in [0.5, 0.6) is 5.75 Å². The van der Waals surface area contributed by atoms with Gasteiger partial charge in [0, 0.05) is 16.5 Å². The molecule has 0 spiro atoms. The quantitative estimate of drug-likeness (QED) is 0.450. The van der Waals surface area contributed by atoms with Gasteiger partial charge >= 0.3 is 0 Å². The van der Waals surface area contributed by atoms with Gasteiger partial charge in [-0.2, -0.15) is 4.98 Å². The van der Waals surface area contributed by atoms with Crippen molar-refractivity contribution in [2.75, 3.05) is 7.11 Å². The summed E-state index contributed by atoms with van der Waals surface area (Å²) >= 11 is 7.81. The molecule has 0 radical (unpaired) electrons. The fourth-order valence-electron chi connectivity index (χ4n) is 2.75. The van der Waals surface area contributed by atoms with Gasteiger partial charge in [-0.25, -0.2) is 4.98 Å². The summed E-state index contributed by atoms with van der Waals surface area (Å²) in [4.78, 5) is 9.05. The predicted octanol–water partition coefficient (Wildman–Crippen LogP) is 5.42. The van der Waals surface area contributed by atoms with Crippen LogP contribution in [0, 0.1) is 6.92 Å². The zero-order valence-corrected chi connectivity index (χ0v) is 16.3. The molecule has 0 aliphatic carbocycles. The highest BCUT2D eigenvalue weighted by molar-refractivity contribution is 7.09. The summed E-state index contributed by atoms with van der Waals surface area (Å²) in [5.74, 6) is 1.72. The van der Waals surface area contributed by atoms with E-state index in [1.165, 1.54) is 0 Å². The Labute approximate surface area is 165 Å². The summed E-state index contributed by atoms with van der Waals surface area (Å²) in [5.41, 5.74) is 3.85. The van der Waals surface area contributed by atoms with Crippen LogP contribution in [0.2, 0.25) is 5.02 Å². The van der Waals surface area contributed by atoms with Crippen LogP contribution in [-0.4, -0.2) is 22.2 Å². The van der Waals surface area contributed by atoms with Gasteiger partial charge in [0.1, 0.15) is 5.75 Å². The molecule has 136 valence electrons. The first-order valence-electron chi connectivity index (χ1n) is 8.30. The number of hydrogen-bond acceptors (Lipinski definition) is 6. The Bertz CT molecular complexity index is 1090. The molecule has 0 aliphatic rings.